The van der Waals surface area contributed by atoms with E-state index in [0.29, 0.717) is 0 Å². The molecule has 0 bridgehead atoms. The maximum Gasteiger partial charge on any atom is 0.122 e. The van der Waals surface area contributed by atoms with Gasteiger partial charge in [0.2, 0.25) is 0 Å². The van der Waals surface area contributed by atoms with Crippen LogP contribution in [0.4, 0.5) is 0 Å². The summed E-state index contributed by atoms with van der Waals surface area (Å²) in [5.41, 5.74) is 1.30. The molecule has 0 saturated heterocycles. The van der Waals surface area contributed by atoms with Gasteiger partial charge in [0.25, 0.3) is 0 Å². The first-order valence-electron chi connectivity index (χ1n) is 7.39. The largest absolute Gasteiger partial charge is 0.468 e. The average molecular weight is 272 g/mol. The van der Waals surface area contributed by atoms with Gasteiger partial charge in [-0.15, -0.1) is 0 Å². The van der Waals surface area contributed by atoms with E-state index in [9.17, 15) is 0 Å². The molecule has 2 aromatic rings. The number of fused-ring (bicyclic) bond motifs is 1. The molecular formula is C15H20N4O. The van der Waals surface area contributed by atoms with Crippen molar-refractivity contribution in [2.75, 3.05) is 6.54 Å². The van der Waals surface area contributed by atoms with E-state index in [2.05, 4.69) is 32.0 Å². The van der Waals surface area contributed by atoms with Gasteiger partial charge in [0, 0.05) is 43.6 Å². The molecule has 1 aliphatic heterocycles. The minimum Gasteiger partial charge on any atom is -0.468 e. The SMILES string of the molecule is c1cn2c(n1)CN(Cc1occc1CNC1CC1)CC2. The molecule has 106 valence electrons. The lowest BCUT2D eigenvalue weighted by Gasteiger charge is -2.27. The van der Waals surface area contributed by atoms with Crippen LogP contribution in [-0.4, -0.2) is 27.0 Å². The Bertz CT molecular complexity index is 584. The van der Waals surface area contributed by atoms with E-state index < -0.39 is 0 Å². The van der Waals surface area contributed by atoms with Crippen LogP contribution in [0, 0.1) is 0 Å². The molecule has 0 unspecified atom stereocenters. The highest BCUT2D eigenvalue weighted by atomic mass is 16.3. The summed E-state index contributed by atoms with van der Waals surface area (Å²) in [5, 5.41) is 3.55. The molecule has 5 heteroatoms. The fraction of sp³-hybridized carbons (Fsp3) is 0.533. The van der Waals surface area contributed by atoms with E-state index in [0.717, 1.165) is 50.4 Å². The predicted molar refractivity (Wildman–Crippen MR) is 74.9 cm³/mol. The lowest BCUT2D eigenvalue weighted by molar-refractivity contribution is 0.193. The lowest BCUT2D eigenvalue weighted by atomic mass is 10.2. The molecule has 0 atom stereocenters. The van der Waals surface area contributed by atoms with Gasteiger partial charge < -0.3 is 14.3 Å². The topological polar surface area (TPSA) is 46.2 Å². The van der Waals surface area contributed by atoms with Gasteiger partial charge in [0.1, 0.15) is 11.6 Å². The molecule has 1 fully saturated rings. The summed E-state index contributed by atoms with van der Waals surface area (Å²) in [6.07, 6.45) is 8.40. The summed E-state index contributed by atoms with van der Waals surface area (Å²) < 4.78 is 7.91. The maximum atomic E-state index is 5.68. The van der Waals surface area contributed by atoms with Gasteiger partial charge in [-0.05, 0) is 18.9 Å². The van der Waals surface area contributed by atoms with Crippen molar-refractivity contribution in [3.05, 3.63) is 41.9 Å². The number of nitrogens with one attached hydrogen (secondary N) is 1. The molecule has 0 spiro atoms. The number of hydrogen-bond acceptors (Lipinski definition) is 4. The highest BCUT2D eigenvalue weighted by molar-refractivity contribution is 5.17. The molecular weight excluding hydrogens is 252 g/mol. The molecule has 0 radical (unpaired) electrons. The van der Waals surface area contributed by atoms with Crippen molar-refractivity contribution in [3.8, 4) is 0 Å². The van der Waals surface area contributed by atoms with E-state index >= 15 is 0 Å². The fourth-order valence-electron chi connectivity index (χ4n) is 2.77. The van der Waals surface area contributed by atoms with Crippen LogP contribution in [0.1, 0.15) is 30.0 Å². The number of rotatable bonds is 5. The fourth-order valence-corrected chi connectivity index (χ4v) is 2.77. The van der Waals surface area contributed by atoms with Crippen molar-refractivity contribution >= 4 is 0 Å². The van der Waals surface area contributed by atoms with Gasteiger partial charge in [-0.25, -0.2) is 4.98 Å². The first-order valence-corrected chi connectivity index (χ1v) is 7.39. The summed E-state index contributed by atoms with van der Waals surface area (Å²) >= 11 is 0. The summed E-state index contributed by atoms with van der Waals surface area (Å²) in [4.78, 5) is 6.81. The monoisotopic (exact) mass is 272 g/mol. The summed E-state index contributed by atoms with van der Waals surface area (Å²) in [6.45, 7) is 4.79. The number of nitrogens with zero attached hydrogens (tertiary/aromatic N) is 3. The Morgan fingerprint density at radius 2 is 2.30 bits per heavy atom. The van der Waals surface area contributed by atoms with E-state index in [1.807, 2.05) is 12.5 Å². The highest BCUT2D eigenvalue weighted by Gasteiger charge is 2.22. The van der Waals surface area contributed by atoms with Crippen LogP contribution in [0.5, 0.6) is 0 Å². The van der Waals surface area contributed by atoms with Gasteiger partial charge in [-0.3, -0.25) is 4.90 Å². The maximum absolute atomic E-state index is 5.68. The second-order valence-electron chi connectivity index (χ2n) is 5.77. The van der Waals surface area contributed by atoms with E-state index in [-0.39, 0.29) is 0 Å². The van der Waals surface area contributed by atoms with Gasteiger partial charge in [-0.1, -0.05) is 0 Å². The molecule has 20 heavy (non-hydrogen) atoms. The Labute approximate surface area is 118 Å². The lowest BCUT2D eigenvalue weighted by Crippen LogP contribution is -2.33. The highest BCUT2D eigenvalue weighted by Crippen LogP contribution is 2.21. The minimum absolute atomic E-state index is 0.736. The standard InChI is InChI=1S/C15H20N4O/c1-2-13(1)17-9-12-3-8-20-14(12)10-18-6-7-19-5-4-16-15(19)11-18/h3-5,8,13,17H,1-2,6-7,9-11H2. The van der Waals surface area contributed by atoms with Crippen LogP contribution in [0.2, 0.25) is 0 Å². The van der Waals surface area contributed by atoms with Gasteiger partial charge in [0.15, 0.2) is 0 Å². The molecule has 2 aliphatic rings. The van der Waals surface area contributed by atoms with E-state index in [1.165, 1.54) is 18.4 Å². The van der Waals surface area contributed by atoms with Crippen molar-refractivity contribution < 1.29 is 4.42 Å². The normalized spacial score (nSPS) is 19.2. The zero-order valence-corrected chi connectivity index (χ0v) is 11.6. The molecule has 5 nitrogen and oxygen atoms in total. The van der Waals surface area contributed by atoms with Crippen LogP contribution < -0.4 is 5.32 Å². The molecule has 0 aromatic carbocycles. The molecule has 2 aromatic heterocycles. The van der Waals surface area contributed by atoms with Crippen molar-refractivity contribution in [1.82, 2.24) is 19.8 Å². The minimum atomic E-state index is 0.736. The number of imidazole rings is 1. The Morgan fingerprint density at radius 1 is 1.35 bits per heavy atom. The molecule has 1 saturated carbocycles. The Morgan fingerprint density at radius 3 is 3.20 bits per heavy atom. The van der Waals surface area contributed by atoms with Crippen LogP contribution in [-0.2, 0) is 26.2 Å². The second-order valence-corrected chi connectivity index (χ2v) is 5.77. The van der Waals surface area contributed by atoms with Crippen LogP contribution >= 0.6 is 0 Å². The number of hydrogen-bond donors (Lipinski definition) is 1. The third kappa shape index (κ3) is 2.51. The van der Waals surface area contributed by atoms with Gasteiger partial charge in [0.05, 0.1) is 19.4 Å². The summed E-state index contributed by atoms with van der Waals surface area (Å²) in [5.74, 6) is 2.25. The third-order valence-corrected chi connectivity index (χ3v) is 4.19. The third-order valence-electron chi connectivity index (χ3n) is 4.19. The first kappa shape index (κ1) is 12.2. The first-order chi connectivity index (χ1) is 9.88. The Balaban J connectivity index is 1.40. The van der Waals surface area contributed by atoms with Gasteiger partial charge in [-0.2, -0.15) is 0 Å². The molecule has 1 N–H and O–H groups in total. The smallest absolute Gasteiger partial charge is 0.122 e. The van der Waals surface area contributed by atoms with E-state index in [4.69, 9.17) is 4.42 Å². The summed E-state index contributed by atoms with van der Waals surface area (Å²) in [7, 11) is 0. The average Bonchev–Trinajstić information content (AvgIpc) is 2.99. The van der Waals surface area contributed by atoms with Gasteiger partial charge >= 0.3 is 0 Å². The Hall–Kier alpha value is -1.59. The predicted octanol–water partition coefficient (Wildman–Crippen LogP) is 1.74. The summed E-state index contributed by atoms with van der Waals surface area (Å²) in [6, 6.07) is 2.83. The molecule has 1 aliphatic carbocycles. The van der Waals surface area contributed by atoms with Crippen LogP contribution in [0.15, 0.2) is 29.1 Å². The zero-order valence-electron chi connectivity index (χ0n) is 11.6. The Kier molecular flexibility index (Phi) is 3.09. The molecule has 3 heterocycles. The van der Waals surface area contributed by atoms with Crippen molar-refractivity contribution in [2.24, 2.45) is 0 Å². The zero-order chi connectivity index (χ0) is 13.4. The quantitative estimate of drug-likeness (QED) is 0.900. The number of aromatic nitrogens is 2. The van der Waals surface area contributed by atoms with Crippen molar-refractivity contribution in [1.29, 1.82) is 0 Å². The van der Waals surface area contributed by atoms with Crippen molar-refractivity contribution in [3.63, 3.8) is 0 Å². The second kappa shape index (κ2) is 5.07. The molecule has 4 rings (SSSR count). The van der Waals surface area contributed by atoms with Crippen LogP contribution in [0.3, 0.4) is 0 Å². The molecule has 0 amide bonds. The van der Waals surface area contributed by atoms with Crippen molar-refractivity contribution in [2.45, 2.75) is 45.1 Å². The van der Waals surface area contributed by atoms with Crippen LogP contribution in [0.25, 0.3) is 0 Å². The van der Waals surface area contributed by atoms with E-state index in [1.54, 1.807) is 0 Å². The number of furan rings is 1.